The lowest BCUT2D eigenvalue weighted by molar-refractivity contribution is -0.0500. The third-order valence-electron chi connectivity index (χ3n) is 6.23. The zero-order chi connectivity index (χ0) is 31.5. The number of benzene rings is 1. The standard InChI is InChI=1S/C26H23F5N4O6S2/c1-25(2,3)40-24(36)34-6-7-35-14(12-34)11-17(33-35)21-20(19-16(28)9-13(27)10-18(19)39-4)22-15(5-8-42-22)23(32-21)41-43(37,38)26(29,30)31/h5,8-11H,6-7,12H2,1-4H3. The Hall–Kier alpha value is -3.99. The zero-order valence-corrected chi connectivity index (χ0v) is 24.6. The van der Waals surface area contributed by atoms with Gasteiger partial charge in [0.05, 0.1) is 41.5 Å². The average molecular weight is 647 g/mol. The lowest BCUT2D eigenvalue weighted by Gasteiger charge is -2.30. The first kappa shape index (κ1) is 30.5. The molecule has 3 aromatic heterocycles. The van der Waals surface area contributed by atoms with Gasteiger partial charge in [0.1, 0.15) is 34.4 Å². The van der Waals surface area contributed by atoms with Crippen molar-refractivity contribution in [2.24, 2.45) is 0 Å². The van der Waals surface area contributed by atoms with Crippen LogP contribution in [-0.4, -0.2) is 58.9 Å². The second-order valence-electron chi connectivity index (χ2n) is 10.4. The highest BCUT2D eigenvalue weighted by Gasteiger charge is 2.49. The topological polar surface area (TPSA) is 113 Å². The Kier molecular flexibility index (Phi) is 7.53. The molecule has 1 aromatic carbocycles. The van der Waals surface area contributed by atoms with Gasteiger partial charge < -0.3 is 18.6 Å². The van der Waals surface area contributed by atoms with Crippen molar-refractivity contribution in [1.82, 2.24) is 19.7 Å². The first-order valence-corrected chi connectivity index (χ1v) is 14.8. The summed E-state index contributed by atoms with van der Waals surface area (Å²) < 4.78 is 110. The summed E-state index contributed by atoms with van der Waals surface area (Å²) in [5, 5.41) is 5.71. The van der Waals surface area contributed by atoms with Gasteiger partial charge in [-0.2, -0.15) is 26.7 Å². The van der Waals surface area contributed by atoms with Gasteiger partial charge in [-0.25, -0.2) is 18.6 Å². The molecule has 5 rings (SSSR count). The normalized spacial score (nSPS) is 14.1. The van der Waals surface area contributed by atoms with Gasteiger partial charge in [-0.1, -0.05) is 0 Å². The Bertz CT molecular complexity index is 1850. The van der Waals surface area contributed by atoms with Crippen molar-refractivity contribution < 1.29 is 48.8 Å². The smallest absolute Gasteiger partial charge is 0.496 e. The fraction of sp³-hybridized carbons (Fsp3) is 0.346. The molecule has 0 saturated carbocycles. The van der Waals surface area contributed by atoms with E-state index in [2.05, 4.69) is 14.3 Å². The number of nitrogens with zero attached hydrogens (tertiary/aromatic N) is 4. The highest BCUT2D eigenvalue weighted by molar-refractivity contribution is 7.88. The summed E-state index contributed by atoms with van der Waals surface area (Å²) in [6.07, 6.45) is -0.577. The number of aromatic nitrogens is 3. The minimum atomic E-state index is -6.15. The molecule has 1 aliphatic heterocycles. The van der Waals surface area contributed by atoms with Crippen LogP contribution in [0.1, 0.15) is 26.5 Å². The van der Waals surface area contributed by atoms with Gasteiger partial charge in [0, 0.05) is 24.2 Å². The van der Waals surface area contributed by atoms with Gasteiger partial charge >= 0.3 is 21.7 Å². The fourth-order valence-electron chi connectivity index (χ4n) is 4.45. The van der Waals surface area contributed by atoms with E-state index >= 15 is 4.39 Å². The molecule has 17 heteroatoms. The lowest BCUT2D eigenvalue weighted by Crippen LogP contribution is -2.41. The van der Waals surface area contributed by atoms with Crippen LogP contribution in [0, 0.1) is 11.6 Å². The van der Waals surface area contributed by atoms with Crippen molar-refractivity contribution in [1.29, 1.82) is 0 Å². The molecule has 1 amide bonds. The van der Waals surface area contributed by atoms with E-state index in [-0.39, 0.29) is 58.0 Å². The maximum Gasteiger partial charge on any atom is 0.534 e. The van der Waals surface area contributed by atoms with Crippen molar-refractivity contribution in [3.63, 3.8) is 0 Å². The number of alkyl halides is 3. The quantitative estimate of drug-likeness (QED) is 0.145. The molecule has 0 N–H and O–H groups in total. The average Bonchev–Trinajstić information content (AvgIpc) is 3.54. The molecule has 0 bridgehead atoms. The largest absolute Gasteiger partial charge is 0.534 e. The Labute approximate surface area is 245 Å². The third-order valence-corrected chi connectivity index (χ3v) is 8.10. The van der Waals surface area contributed by atoms with Crippen molar-refractivity contribution in [3.05, 3.63) is 47.0 Å². The van der Waals surface area contributed by atoms with Crippen molar-refractivity contribution in [3.8, 4) is 34.1 Å². The number of thiophene rings is 1. The van der Waals surface area contributed by atoms with E-state index in [1.165, 1.54) is 34.2 Å². The van der Waals surface area contributed by atoms with Crippen LogP contribution in [0.25, 0.3) is 32.6 Å². The second kappa shape index (κ2) is 10.6. The van der Waals surface area contributed by atoms with Crippen molar-refractivity contribution in [2.75, 3.05) is 13.7 Å². The fourth-order valence-corrected chi connectivity index (χ4v) is 5.81. The van der Waals surface area contributed by atoms with Gasteiger partial charge in [0.2, 0.25) is 5.88 Å². The number of amides is 1. The van der Waals surface area contributed by atoms with E-state index in [0.717, 1.165) is 17.4 Å². The van der Waals surface area contributed by atoms with E-state index in [9.17, 15) is 30.8 Å². The maximum atomic E-state index is 15.4. The summed E-state index contributed by atoms with van der Waals surface area (Å²) in [6.45, 7) is 5.60. The lowest BCUT2D eigenvalue weighted by atomic mass is 9.99. The summed E-state index contributed by atoms with van der Waals surface area (Å²) in [5.41, 5.74) is -6.64. The van der Waals surface area contributed by atoms with Crippen molar-refractivity contribution in [2.45, 2.75) is 45.0 Å². The monoisotopic (exact) mass is 646 g/mol. The van der Waals surface area contributed by atoms with E-state index in [0.29, 0.717) is 11.8 Å². The molecule has 0 spiro atoms. The van der Waals surface area contributed by atoms with Gasteiger partial charge in [-0.05, 0) is 38.3 Å². The van der Waals surface area contributed by atoms with Crippen LogP contribution in [-0.2, 0) is 27.9 Å². The molecular weight excluding hydrogens is 623 g/mol. The molecule has 43 heavy (non-hydrogen) atoms. The second-order valence-corrected chi connectivity index (χ2v) is 12.9. The maximum absolute atomic E-state index is 15.4. The summed E-state index contributed by atoms with van der Waals surface area (Å²) in [6, 6.07) is 4.23. The molecule has 1 aliphatic rings. The highest BCUT2D eigenvalue weighted by Crippen LogP contribution is 2.47. The third kappa shape index (κ3) is 5.82. The van der Waals surface area contributed by atoms with E-state index < -0.39 is 44.8 Å². The van der Waals surface area contributed by atoms with Gasteiger partial charge in [-0.15, -0.1) is 11.3 Å². The van der Waals surface area contributed by atoms with Crippen molar-refractivity contribution >= 4 is 37.6 Å². The Morgan fingerprint density at radius 3 is 2.44 bits per heavy atom. The molecule has 0 saturated heterocycles. The summed E-state index contributed by atoms with van der Waals surface area (Å²) in [7, 11) is -4.98. The van der Waals surface area contributed by atoms with Crippen LogP contribution in [0.2, 0.25) is 0 Å². The molecule has 230 valence electrons. The molecule has 0 fully saturated rings. The number of halogens is 5. The summed E-state index contributed by atoms with van der Waals surface area (Å²) in [5.74, 6) is -3.21. The number of fused-ring (bicyclic) bond motifs is 2. The zero-order valence-electron chi connectivity index (χ0n) is 23.0. The van der Waals surface area contributed by atoms with Crippen LogP contribution in [0.4, 0.5) is 26.7 Å². The SMILES string of the molecule is COc1cc(F)cc(F)c1-c1c(-c2cc3n(n2)CCN(C(=O)OC(C)(C)C)C3)nc(OS(=O)(=O)C(F)(F)F)c2ccsc12. The van der Waals surface area contributed by atoms with Gasteiger partial charge in [0.25, 0.3) is 0 Å². The minimum absolute atomic E-state index is 0.00799. The molecular formula is C26H23F5N4O6S2. The molecule has 4 aromatic rings. The summed E-state index contributed by atoms with van der Waals surface area (Å²) >= 11 is 0.926. The molecule has 4 heterocycles. The Morgan fingerprint density at radius 2 is 1.79 bits per heavy atom. The van der Waals surface area contributed by atoms with Crippen LogP contribution in [0.5, 0.6) is 11.6 Å². The van der Waals surface area contributed by atoms with E-state index in [1.807, 2.05) is 0 Å². The van der Waals surface area contributed by atoms with Crippen LogP contribution in [0.3, 0.4) is 0 Å². The van der Waals surface area contributed by atoms with Gasteiger partial charge in [-0.3, -0.25) is 4.68 Å². The predicted molar refractivity (Wildman–Crippen MR) is 145 cm³/mol. The number of ether oxygens (including phenoxy) is 2. The number of pyridine rings is 1. The number of rotatable bonds is 5. The number of carbonyl (C=O) groups excluding carboxylic acids is 1. The summed E-state index contributed by atoms with van der Waals surface area (Å²) in [4.78, 5) is 18.2. The van der Waals surface area contributed by atoms with E-state index in [1.54, 1.807) is 20.8 Å². The number of hydrogen-bond acceptors (Lipinski definition) is 9. The molecule has 0 atom stereocenters. The van der Waals surface area contributed by atoms with Crippen LogP contribution in [0.15, 0.2) is 29.6 Å². The highest BCUT2D eigenvalue weighted by atomic mass is 32.2. The Balaban J connectivity index is 1.72. The molecule has 0 aliphatic carbocycles. The number of methoxy groups -OCH3 is 1. The first-order chi connectivity index (χ1) is 20.0. The molecule has 0 unspecified atom stereocenters. The van der Waals surface area contributed by atoms with Gasteiger partial charge in [0.15, 0.2) is 0 Å². The van der Waals surface area contributed by atoms with Crippen LogP contribution >= 0.6 is 11.3 Å². The molecule has 10 nitrogen and oxygen atoms in total. The van der Waals surface area contributed by atoms with E-state index in [4.69, 9.17) is 9.47 Å². The van der Waals surface area contributed by atoms with Crippen LogP contribution < -0.4 is 8.92 Å². The Morgan fingerprint density at radius 1 is 1.07 bits per heavy atom. The number of hydrogen-bond donors (Lipinski definition) is 0. The minimum Gasteiger partial charge on any atom is -0.496 e. The number of carbonyl (C=O) groups is 1. The molecule has 0 radical (unpaired) electrons. The first-order valence-electron chi connectivity index (χ1n) is 12.5. The predicted octanol–water partition coefficient (Wildman–Crippen LogP) is 6.09.